The van der Waals surface area contributed by atoms with Crippen LogP contribution in [0.3, 0.4) is 0 Å². The zero-order valence-electron chi connectivity index (χ0n) is 17.1. The maximum Gasteiger partial charge on any atom is 0.422 e. The summed E-state index contributed by atoms with van der Waals surface area (Å²) in [6, 6.07) is 0. The van der Waals surface area contributed by atoms with Crippen LogP contribution in [0.1, 0.15) is 26.6 Å². The van der Waals surface area contributed by atoms with Crippen LogP contribution in [0.4, 0.5) is 18.0 Å². The van der Waals surface area contributed by atoms with Gasteiger partial charge in [0.25, 0.3) is 5.56 Å². The lowest BCUT2D eigenvalue weighted by Gasteiger charge is -2.19. The van der Waals surface area contributed by atoms with Crippen molar-refractivity contribution >= 4 is 28.9 Å². The normalized spacial score (nSPS) is 12.3. The number of halogens is 3. The molecule has 166 valence electrons. The standard InChI is InChI=1S/C17H22F3N5O4S/c1-16(2,3)13-22-10-9(12(26)25(5)15(28)24(10)4)11(23-13)30-7-6-21-14(27)29-8-17(18,19)20/h6-8H2,1-5H3,(H,21,27). The summed E-state index contributed by atoms with van der Waals surface area (Å²) in [6.07, 6.45) is -5.81. The molecule has 0 aliphatic rings. The average Bonchev–Trinajstić information content (AvgIpc) is 2.64. The maximum absolute atomic E-state index is 12.7. The quantitative estimate of drug-likeness (QED) is 0.421. The number of nitrogens with one attached hydrogen (secondary N) is 1. The van der Waals surface area contributed by atoms with Gasteiger partial charge in [0.15, 0.2) is 12.3 Å². The second kappa shape index (κ2) is 8.66. The van der Waals surface area contributed by atoms with Crippen LogP contribution in [0.25, 0.3) is 11.0 Å². The molecule has 2 aromatic heterocycles. The van der Waals surface area contributed by atoms with Crippen molar-refractivity contribution in [2.24, 2.45) is 14.1 Å². The highest BCUT2D eigenvalue weighted by atomic mass is 32.2. The highest BCUT2D eigenvalue weighted by Crippen LogP contribution is 2.26. The molecule has 13 heteroatoms. The lowest BCUT2D eigenvalue weighted by Crippen LogP contribution is -2.38. The van der Waals surface area contributed by atoms with Crippen LogP contribution in [-0.4, -0.2) is 50.3 Å². The summed E-state index contributed by atoms with van der Waals surface area (Å²) in [4.78, 5) is 45.1. The van der Waals surface area contributed by atoms with Crippen molar-refractivity contribution < 1.29 is 22.7 Å². The molecular weight excluding hydrogens is 427 g/mol. The Balaban J connectivity index is 2.29. The van der Waals surface area contributed by atoms with Gasteiger partial charge in [0.2, 0.25) is 0 Å². The van der Waals surface area contributed by atoms with E-state index >= 15 is 0 Å². The molecule has 0 atom stereocenters. The monoisotopic (exact) mass is 449 g/mol. The summed E-state index contributed by atoms with van der Waals surface area (Å²) in [7, 11) is 2.84. The second-order valence-electron chi connectivity index (χ2n) is 7.47. The molecular formula is C17H22F3N5O4S. The zero-order chi connectivity index (χ0) is 22.9. The van der Waals surface area contributed by atoms with E-state index in [0.717, 1.165) is 16.3 Å². The number of fused-ring (bicyclic) bond motifs is 1. The Hall–Kier alpha value is -2.57. The van der Waals surface area contributed by atoms with Gasteiger partial charge in [-0.05, 0) is 0 Å². The number of hydrogen-bond donors (Lipinski definition) is 1. The molecule has 9 nitrogen and oxygen atoms in total. The maximum atomic E-state index is 12.7. The van der Waals surface area contributed by atoms with Gasteiger partial charge in [-0.25, -0.2) is 19.6 Å². The van der Waals surface area contributed by atoms with E-state index in [1.807, 2.05) is 20.8 Å². The van der Waals surface area contributed by atoms with Crippen molar-refractivity contribution in [3.8, 4) is 0 Å². The Labute approximate surface area is 173 Å². The van der Waals surface area contributed by atoms with Gasteiger partial charge < -0.3 is 10.1 Å². The summed E-state index contributed by atoms with van der Waals surface area (Å²) in [6.45, 7) is 3.92. The molecule has 0 unspecified atom stereocenters. The van der Waals surface area contributed by atoms with Gasteiger partial charge in [0.1, 0.15) is 16.2 Å². The van der Waals surface area contributed by atoms with Gasteiger partial charge >= 0.3 is 18.0 Å². The van der Waals surface area contributed by atoms with Crippen molar-refractivity contribution in [1.82, 2.24) is 24.4 Å². The Kier molecular flexibility index (Phi) is 6.84. The van der Waals surface area contributed by atoms with Crippen molar-refractivity contribution in [3.05, 3.63) is 26.7 Å². The molecule has 1 N–H and O–H groups in total. The van der Waals surface area contributed by atoms with Crippen LogP contribution >= 0.6 is 11.8 Å². The van der Waals surface area contributed by atoms with Gasteiger partial charge in [-0.15, -0.1) is 11.8 Å². The minimum atomic E-state index is -4.61. The molecule has 0 aliphatic heterocycles. The van der Waals surface area contributed by atoms with E-state index in [2.05, 4.69) is 20.0 Å². The lowest BCUT2D eigenvalue weighted by atomic mass is 9.96. The van der Waals surface area contributed by atoms with Crippen LogP contribution in [0, 0.1) is 0 Å². The number of aryl methyl sites for hydroxylation is 1. The molecule has 2 rings (SSSR count). The minimum absolute atomic E-state index is 0.0240. The largest absolute Gasteiger partial charge is 0.440 e. The molecule has 0 aliphatic carbocycles. The number of rotatable bonds is 5. The number of carbonyl (C=O) groups excluding carboxylic acids is 1. The van der Waals surface area contributed by atoms with E-state index in [0.29, 0.717) is 10.9 Å². The third kappa shape index (κ3) is 5.52. The highest BCUT2D eigenvalue weighted by molar-refractivity contribution is 7.99. The van der Waals surface area contributed by atoms with Crippen molar-refractivity contribution in [1.29, 1.82) is 0 Å². The number of alkyl halides is 3. The first-order chi connectivity index (χ1) is 13.7. The average molecular weight is 449 g/mol. The first-order valence-corrected chi connectivity index (χ1v) is 9.79. The predicted octanol–water partition coefficient (Wildman–Crippen LogP) is 1.71. The summed E-state index contributed by atoms with van der Waals surface area (Å²) >= 11 is 1.11. The number of ether oxygens (including phenoxy) is 1. The Morgan fingerprint density at radius 2 is 1.77 bits per heavy atom. The van der Waals surface area contributed by atoms with Crippen molar-refractivity contribution in [2.45, 2.75) is 37.4 Å². The van der Waals surface area contributed by atoms with Crippen LogP contribution in [-0.2, 0) is 24.2 Å². The minimum Gasteiger partial charge on any atom is -0.440 e. The lowest BCUT2D eigenvalue weighted by molar-refractivity contribution is -0.160. The van der Waals surface area contributed by atoms with Crippen molar-refractivity contribution in [3.63, 3.8) is 0 Å². The fourth-order valence-electron chi connectivity index (χ4n) is 2.37. The molecule has 0 saturated heterocycles. The van der Waals surface area contributed by atoms with E-state index in [1.54, 1.807) is 0 Å². The fraction of sp³-hybridized carbons (Fsp3) is 0.588. The van der Waals surface area contributed by atoms with E-state index < -0.39 is 35.5 Å². The fourth-order valence-corrected chi connectivity index (χ4v) is 3.24. The molecule has 0 bridgehead atoms. The van der Waals surface area contributed by atoms with Crippen LogP contribution in [0.2, 0.25) is 0 Å². The highest BCUT2D eigenvalue weighted by Gasteiger charge is 2.29. The molecule has 30 heavy (non-hydrogen) atoms. The van der Waals surface area contributed by atoms with E-state index in [9.17, 15) is 27.6 Å². The third-order valence-corrected chi connectivity index (χ3v) is 4.89. The topological polar surface area (TPSA) is 108 Å². The molecule has 0 radical (unpaired) electrons. The SMILES string of the molecule is Cn1c(=O)c2c(SCCNC(=O)OCC(F)(F)F)nc(C(C)(C)C)nc2n(C)c1=O. The number of hydrogen-bond acceptors (Lipinski definition) is 7. The van der Waals surface area contributed by atoms with Gasteiger partial charge in [0, 0.05) is 31.8 Å². The second-order valence-corrected chi connectivity index (χ2v) is 8.56. The van der Waals surface area contributed by atoms with Gasteiger partial charge in [0.05, 0.1) is 0 Å². The van der Waals surface area contributed by atoms with E-state index in [4.69, 9.17) is 0 Å². The molecule has 0 saturated carbocycles. The van der Waals surface area contributed by atoms with Crippen LogP contribution in [0.5, 0.6) is 0 Å². The molecule has 1 amide bonds. The van der Waals surface area contributed by atoms with E-state index in [1.165, 1.54) is 18.7 Å². The van der Waals surface area contributed by atoms with Crippen LogP contribution in [0.15, 0.2) is 14.6 Å². The smallest absolute Gasteiger partial charge is 0.422 e. The van der Waals surface area contributed by atoms with Crippen LogP contribution < -0.4 is 16.6 Å². The Bertz CT molecular complexity index is 1070. The van der Waals surface area contributed by atoms with E-state index in [-0.39, 0.29) is 23.3 Å². The first kappa shape index (κ1) is 23.7. The zero-order valence-corrected chi connectivity index (χ0v) is 17.9. The molecule has 0 spiro atoms. The number of amides is 1. The molecule has 2 aromatic rings. The van der Waals surface area contributed by atoms with Gasteiger partial charge in [-0.2, -0.15) is 13.2 Å². The summed E-state index contributed by atoms with van der Waals surface area (Å²) in [5.41, 5.74) is -1.38. The van der Waals surface area contributed by atoms with Gasteiger partial charge in [-0.3, -0.25) is 13.9 Å². The number of carbonyl (C=O) groups is 1. The molecule has 2 heterocycles. The molecule has 0 aromatic carbocycles. The van der Waals surface area contributed by atoms with Gasteiger partial charge in [-0.1, -0.05) is 20.8 Å². The third-order valence-electron chi connectivity index (χ3n) is 3.91. The molecule has 0 fully saturated rings. The number of aromatic nitrogens is 4. The number of alkyl carbamates (subject to hydrolysis) is 1. The summed E-state index contributed by atoms with van der Waals surface area (Å²) in [5.74, 6) is 0.612. The Morgan fingerprint density at radius 3 is 2.33 bits per heavy atom. The summed E-state index contributed by atoms with van der Waals surface area (Å²) in [5, 5.41) is 2.66. The summed E-state index contributed by atoms with van der Waals surface area (Å²) < 4.78 is 42.4. The predicted molar refractivity (Wildman–Crippen MR) is 105 cm³/mol. The number of nitrogens with zero attached hydrogens (tertiary/aromatic N) is 4. The first-order valence-electron chi connectivity index (χ1n) is 8.81. The van der Waals surface area contributed by atoms with Crippen molar-refractivity contribution in [2.75, 3.05) is 18.9 Å². The Morgan fingerprint density at radius 1 is 1.13 bits per heavy atom. The number of thioether (sulfide) groups is 1.